The maximum atomic E-state index is 13.6. The summed E-state index contributed by atoms with van der Waals surface area (Å²) in [5, 5.41) is 6.55. The van der Waals surface area contributed by atoms with Crippen LogP contribution in [0.15, 0.2) is 41.2 Å². The highest BCUT2D eigenvalue weighted by atomic mass is 19.2. The van der Waals surface area contributed by atoms with E-state index in [-0.39, 0.29) is 28.6 Å². The lowest BCUT2D eigenvalue weighted by atomic mass is 10.1. The highest BCUT2D eigenvalue weighted by Crippen LogP contribution is 2.19. The van der Waals surface area contributed by atoms with Crippen molar-refractivity contribution >= 4 is 28.3 Å². The molecule has 0 bridgehead atoms. The van der Waals surface area contributed by atoms with Crippen LogP contribution in [0.1, 0.15) is 23.8 Å². The van der Waals surface area contributed by atoms with Gasteiger partial charge in [0.05, 0.1) is 11.1 Å². The van der Waals surface area contributed by atoms with Gasteiger partial charge in [0.1, 0.15) is 0 Å². The molecule has 0 unspecified atom stereocenters. The number of benzene rings is 2. The normalized spacial score (nSPS) is 10.8. The highest BCUT2D eigenvalue weighted by Gasteiger charge is 2.20. The smallest absolute Gasteiger partial charge is 0.359 e. The molecule has 0 aliphatic rings. The zero-order valence-corrected chi connectivity index (χ0v) is 15.7. The van der Waals surface area contributed by atoms with Gasteiger partial charge in [-0.3, -0.25) is 9.59 Å². The summed E-state index contributed by atoms with van der Waals surface area (Å²) in [5.41, 5.74) is -1.13. The molecule has 0 saturated heterocycles. The van der Waals surface area contributed by atoms with E-state index in [1.807, 2.05) is 12.2 Å². The Bertz CT molecular complexity index is 1190. The van der Waals surface area contributed by atoms with Crippen molar-refractivity contribution in [1.29, 1.82) is 0 Å². The third-order valence-corrected chi connectivity index (χ3v) is 4.14. The standard InChI is InChI=1S/C20H16F3N3O4/c1-2-9-26-19(28)12-6-4-3-5-11(12)18(25-26)20(29)30-10-15(27)24-14-8-7-13(21)16(22)17(14)23/h3-8H,2,9-10H2,1H3,(H,24,27). The number of ether oxygens (including phenoxy) is 1. The molecule has 156 valence electrons. The average Bonchev–Trinajstić information content (AvgIpc) is 2.74. The summed E-state index contributed by atoms with van der Waals surface area (Å²) in [5.74, 6) is -6.67. The summed E-state index contributed by atoms with van der Waals surface area (Å²) in [6.45, 7) is 1.28. The van der Waals surface area contributed by atoms with E-state index in [1.165, 1.54) is 6.07 Å². The van der Waals surface area contributed by atoms with E-state index in [1.54, 1.807) is 18.2 Å². The molecule has 10 heteroatoms. The molecule has 0 radical (unpaired) electrons. The minimum Gasteiger partial charge on any atom is -0.451 e. The number of aryl methyl sites for hydroxylation is 1. The Morgan fingerprint density at radius 3 is 2.47 bits per heavy atom. The summed E-state index contributed by atoms with van der Waals surface area (Å²) >= 11 is 0. The Kier molecular flexibility index (Phi) is 6.14. The van der Waals surface area contributed by atoms with Crippen LogP contribution in [0, 0.1) is 17.5 Å². The Balaban J connectivity index is 1.79. The third-order valence-electron chi connectivity index (χ3n) is 4.14. The molecule has 0 spiro atoms. The summed E-state index contributed by atoms with van der Waals surface area (Å²) < 4.78 is 45.9. The van der Waals surface area contributed by atoms with E-state index in [9.17, 15) is 27.6 Å². The molecule has 1 heterocycles. The summed E-state index contributed by atoms with van der Waals surface area (Å²) in [4.78, 5) is 36.9. The Morgan fingerprint density at radius 2 is 1.77 bits per heavy atom. The fourth-order valence-corrected chi connectivity index (χ4v) is 2.76. The first-order valence-electron chi connectivity index (χ1n) is 8.93. The number of nitrogens with one attached hydrogen (secondary N) is 1. The van der Waals surface area contributed by atoms with Gasteiger partial charge in [0.15, 0.2) is 29.8 Å². The number of halogens is 3. The van der Waals surface area contributed by atoms with Gasteiger partial charge in [-0.15, -0.1) is 0 Å². The SMILES string of the molecule is CCCn1nc(C(=O)OCC(=O)Nc2ccc(F)c(F)c2F)c2ccccc2c1=O. The first-order chi connectivity index (χ1) is 14.3. The van der Waals surface area contributed by atoms with Crippen molar-refractivity contribution < 1.29 is 27.5 Å². The summed E-state index contributed by atoms with van der Waals surface area (Å²) in [6, 6.07) is 7.80. The van der Waals surface area contributed by atoms with Crippen LogP contribution in [0.25, 0.3) is 10.8 Å². The molecule has 3 aromatic rings. The van der Waals surface area contributed by atoms with Crippen molar-refractivity contribution in [1.82, 2.24) is 9.78 Å². The van der Waals surface area contributed by atoms with Crippen LogP contribution in [0.4, 0.5) is 18.9 Å². The fraction of sp³-hybridized carbons (Fsp3) is 0.200. The second kappa shape index (κ2) is 8.76. The van der Waals surface area contributed by atoms with E-state index >= 15 is 0 Å². The number of rotatable bonds is 6. The van der Waals surface area contributed by atoms with Crippen molar-refractivity contribution in [2.45, 2.75) is 19.9 Å². The lowest BCUT2D eigenvalue weighted by molar-refractivity contribution is -0.119. The van der Waals surface area contributed by atoms with Crippen molar-refractivity contribution in [2.75, 3.05) is 11.9 Å². The van der Waals surface area contributed by atoms with E-state index in [0.29, 0.717) is 12.5 Å². The average molecular weight is 419 g/mol. The lowest BCUT2D eigenvalue weighted by Gasteiger charge is -2.11. The van der Waals surface area contributed by atoms with Crippen LogP contribution in [0.5, 0.6) is 0 Å². The van der Waals surface area contributed by atoms with Gasteiger partial charge in [-0.1, -0.05) is 25.1 Å². The van der Waals surface area contributed by atoms with Gasteiger partial charge in [-0.25, -0.2) is 22.6 Å². The largest absolute Gasteiger partial charge is 0.451 e. The molecule has 0 atom stereocenters. The Labute approximate surface area is 168 Å². The molecule has 7 nitrogen and oxygen atoms in total. The van der Waals surface area contributed by atoms with E-state index < -0.39 is 41.6 Å². The zero-order valence-electron chi connectivity index (χ0n) is 15.7. The molecule has 0 aliphatic heterocycles. The molecule has 1 N–H and O–H groups in total. The number of fused-ring (bicyclic) bond motifs is 1. The molecular formula is C20H16F3N3O4. The maximum Gasteiger partial charge on any atom is 0.359 e. The Hall–Kier alpha value is -3.69. The number of aromatic nitrogens is 2. The summed E-state index contributed by atoms with van der Waals surface area (Å²) in [7, 11) is 0. The second-order valence-electron chi connectivity index (χ2n) is 6.27. The molecule has 2 aromatic carbocycles. The highest BCUT2D eigenvalue weighted by molar-refractivity contribution is 6.03. The lowest BCUT2D eigenvalue weighted by Crippen LogP contribution is -2.27. The van der Waals surface area contributed by atoms with Gasteiger partial charge in [0.25, 0.3) is 11.5 Å². The number of amides is 1. The number of nitrogens with zero attached hydrogens (tertiary/aromatic N) is 2. The number of esters is 1. The van der Waals surface area contributed by atoms with Crippen molar-refractivity contribution in [3.05, 3.63) is 69.9 Å². The second-order valence-corrected chi connectivity index (χ2v) is 6.27. The van der Waals surface area contributed by atoms with Crippen LogP contribution in [0.2, 0.25) is 0 Å². The van der Waals surface area contributed by atoms with Crippen molar-refractivity contribution in [3.63, 3.8) is 0 Å². The van der Waals surface area contributed by atoms with E-state index in [2.05, 4.69) is 5.10 Å². The minimum absolute atomic E-state index is 0.162. The third kappa shape index (κ3) is 4.17. The van der Waals surface area contributed by atoms with Crippen LogP contribution in [-0.2, 0) is 16.1 Å². The Morgan fingerprint density at radius 1 is 1.07 bits per heavy atom. The predicted octanol–water partition coefficient (Wildman–Crippen LogP) is 3.02. The first-order valence-corrected chi connectivity index (χ1v) is 8.93. The van der Waals surface area contributed by atoms with Gasteiger partial charge in [0, 0.05) is 11.9 Å². The summed E-state index contributed by atoms with van der Waals surface area (Å²) in [6.07, 6.45) is 0.599. The predicted molar refractivity (Wildman–Crippen MR) is 102 cm³/mol. The first kappa shape index (κ1) is 21.0. The molecule has 30 heavy (non-hydrogen) atoms. The van der Waals surface area contributed by atoms with Gasteiger partial charge in [0.2, 0.25) is 0 Å². The topological polar surface area (TPSA) is 90.3 Å². The molecule has 3 rings (SSSR count). The van der Waals surface area contributed by atoms with Crippen molar-refractivity contribution in [3.8, 4) is 0 Å². The monoisotopic (exact) mass is 419 g/mol. The molecule has 0 aliphatic carbocycles. The zero-order chi connectivity index (χ0) is 21.8. The number of hydrogen-bond donors (Lipinski definition) is 1. The maximum absolute atomic E-state index is 13.6. The van der Waals surface area contributed by atoms with E-state index in [4.69, 9.17) is 4.74 Å². The van der Waals surface area contributed by atoms with Crippen LogP contribution in [0.3, 0.4) is 0 Å². The van der Waals surface area contributed by atoms with Gasteiger partial charge >= 0.3 is 5.97 Å². The minimum atomic E-state index is -1.74. The van der Waals surface area contributed by atoms with Gasteiger partial charge in [-0.05, 0) is 24.6 Å². The number of hydrogen-bond acceptors (Lipinski definition) is 5. The quantitative estimate of drug-likeness (QED) is 0.490. The van der Waals surface area contributed by atoms with E-state index in [0.717, 1.165) is 10.7 Å². The molecule has 0 saturated carbocycles. The van der Waals surface area contributed by atoms with Gasteiger partial charge < -0.3 is 10.1 Å². The van der Waals surface area contributed by atoms with Crippen LogP contribution in [-0.4, -0.2) is 28.3 Å². The number of anilines is 1. The molecule has 1 aromatic heterocycles. The molecule has 0 fully saturated rings. The number of carbonyl (C=O) groups excluding carboxylic acids is 2. The van der Waals surface area contributed by atoms with Crippen LogP contribution < -0.4 is 10.9 Å². The molecular weight excluding hydrogens is 403 g/mol. The van der Waals surface area contributed by atoms with Gasteiger partial charge in [-0.2, -0.15) is 5.10 Å². The fourth-order valence-electron chi connectivity index (χ4n) is 2.76. The molecule has 1 amide bonds. The van der Waals surface area contributed by atoms with Crippen LogP contribution >= 0.6 is 0 Å². The van der Waals surface area contributed by atoms with Crippen molar-refractivity contribution in [2.24, 2.45) is 0 Å². The number of carbonyl (C=O) groups is 2.